The quantitative estimate of drug-likeness (QED) is 0.761. The van der Waals surface area contributed by atoms with Crippen molar-refractivity contribution in [2.75, 3.05) is 5.75 Å². The van der Waals surface area contributed by atoms with E-state index in [2.05, 4.69) is 0 Å². The molecule has 0 unspecified atom stereocenters. The van der Waals surface area contributed by atoms with Gasteiger partial charge in [-0.1, -0.05) is 24.3 Å². The van der Waals surface area contributed by atoms with Crippen molar-refractivity contribution in [3.8, 4) is 0 Å². The molecule has 0 aliphatic carbocycles. The summed E-state index contributed by atoms with van der Waals surface area (Å²) in [5.41, 5.74) is 3.40. The molecule has 1 nitrogen and oxygen atoms in total. The lowest BCUT2D eigenvalue weighted by Crippen LogP contribution is -2.08. The summed E-state index contributed by atoms with van der Waals surface area (Å²) < 4.78 is 13.0. The Kier molecular flexibility index (Phi) is 4.96. The first-order chi connectivity index (χ1) is 9.56. The second kappa shape index (κ2) is 6.71. The molecule has 0 saturated carbocycles. The molecule has 0 aliphatic heterocycles. The van der Waals surface area contributed by atoms with Crippen LogP contribution >= 0.6 is 11.8 Å². The standard InChI is InChI=1S/C17H17FOS/c1-12-5-3-6-13(2)17(12)10-15(19)11-20-16-8-4-7-14(18)9-16/h3-9H,10-11H2,1-2H3. The maximum Gasteiger partial charge on any atom is 0.147 e. The molecule has 0 aliphatic rings. The van der Waals surface area contributed by atoms with Crippen molar-refractivity contribution in [2.24, 2.45) is 0 Å². The molecule has 0 heterocycles. The Labute approximate surface area is 123 Å². The van der Waals surface area contributed by atoms with Crippen LogP contribution in [0.3, 0.4) is 0 Å². The Balaban J connectivity index is 1.96. The average Bonchev–Trinajstić information content (AvgIpc) is 2.41. The van der Waals surface area contributed by atoms with Crippen LogP contribution in [0.5, 0.6) is 0 Å². The van der Waals surface area contributed by atoms with E-state index in [1.807, 2.05) is 38.1 Å². The number of halogens is 1. The minimum atomic E-state index is -0.266. The molecule has 104 valence electrons. The summed E-state index contributed by atoms with van der Waals surface area (Å²) in [6.45, 7) is 4.05. The van der Waals surface area contributed by atoms with E-state index in [0.717, 1.165) is 21.6 Å². The van der Waals surface area contributed by atoms with Crippen LogP contribution in [0.4, 0.5) is 4.39 Å². The van der Waals surface area contributed by atoms with Crippen LogP contribution in [0.2, 0.25) is 0 Å². The molecular weight excluding hydrogens is 271 g/mol. The lowest BCUT2D eigenvalue weighted by Gasteiger charge is -2.08. The van der Waals surface area contributed by atoms with Crippen LogP contribution in [-0.2, 0) is 11.2 Å². The van der Waals surface area contributed by atoms with Gasteiger partial charge in [-0.05, 0) is 48.7 Å². The molecule has 0 spiro atoms. The van der Waals surface area contributed by atoms with E-state index in [1.54, 1.807) is 6.07 Å². The molecule has 2 rings (SSSR count). The fourth-order valence-corrected chi connectivity index (χ4v) is 2.90. The van der Waals surface area contributed by atoms with Gasteiger partial charge < -0.3 is 0 Å². The predicted octanol–water partition coefficient (Wildman–Crippen LogP) is 4.35. The largest absolute Gasteiger partial charge is 0.298 e. The molecule has 0 radical (unpaired) electrons. The first-order valence-electron chi connectivity index (χ1n) is 6.51. The van der Waals surface area contributed by atoms with Crippen LogP contribution in [0.1, 0.15) is 16.7 Å². The van der Waals surface area contributed by atoms with Crippen molar-refractivity contribution in [2.45, 2.75) is 25.2 Å². The van der Waals surface area contributed by atoms with Gasteiger partial charge in [0.2, 0.25) is 0 Å². The van der Waals surface area contributed by atoms with Crippen LogP contribution in [-0.4, -0.2) is 11.5 Å². The van der Waals surface area contributed by atoms with Crippen LogP contribution in [0.15, 0.2) is 47.4 Å². The molecule has 0 saturated heterocycles. The van der Waals surface area contributed by atoms with E-state index >= 15 is 0 Å². The number of rotatable bonds is 5. The van der Waals surface area contributed by atoms with Crippen molar-refractivity contribution >= 4 is 17.5 Å². The predicted molar refractivity (Wildman–Crippen MR) is 81.8 cm³/mol. The zero-order valence-corrected chi connectivity index (χ0v) is 12.5. The van der Waals surface area contributed by atoms with Gasteiger partial charge in [-0.3, -0.25) is 4.79 Å². The Bertz CT molecular complexity index is 602. The molecule has 0 fully saturated rings. The third kappa shape index (κ3) is 3.94. The van der Waals surface area contributed by atoms with Crippen molar-refractivity contribution < 1.29 is 9.18 Å². The smallest absolute Gasteiger partial charge is 0.147 e. The summed E-state index contributed by atoms with van der Waals surface area (Å²) in [4.78, 5) is 12.9. The first kappa shape index (κ1) is 14.8. The van der Waals surface area contributed by atoms with E-state index < -0.39 is 0 Å². The molecule has 0 amide bonds. The fourth-order valence-electron chi connectivity index (χ4n) is 2.10. The number of carbonyl (C=O) groups excluding carboxylic acids is 1. The number of aryl methyl sites for hydroxylation is 2. The van der Waals surface area contributed by atoms with Gasteiger partial charge in [-0.2, -0.15) is 0 Å². The van der Waals surface area contributed by atoms with Crippen molar-refractivity contribution in [1.29, 1.82) is 0 Å². The highest BCUT2D eigenvalue weighted by Crippen LogP contribution is 2.20. The summed E-state index contributed by atoms with van der Waals surface area (Å²) in [5, 5.41) is 0. The van der Waals surface area contributed by atoms with E-state index in [9.17, 15) is 9.18 Å². The maximum atomic E-state index is 13.0. The Morgan fingerprint density at radius 3 is 2.40 bits per heavy atom. The topological polar surface area (TPSA) is 17.1 Å². The first-order valence-corrected chi connectivity index (χ1v) is 7.50. The summed E-state index contributed by atoms with van der Waals surface area (Å²) in [6.07, 6.45) is 0.445. The second-order valence-corrected chi connectivity index (χ2v) is 5.88. The zero-order valence-electron chi connectivity index (χ0n) is 11.7. The third-order valence-electron chi connectivity index (χ3n) is 3.21. The number of hydrogen-bond donors (Lipinski definition) is 0. The van der Waals surface area contributed by atoms with Gasteiger partial charge in [0.1, 0.15) is 11.6 Å². The van der Waals surface area contributed by atoms with E-state index in [-0.39, 0.29) is 11.6 Å². The molecule has 0 aromatic heterocycles. The number of Topliss-reactive ketones (excluding diaryl/α,β-unsaturated/α-hetero) is 1. The number of hydrogen-bond acceptors (Lipinski definition) is 2. The Hall–Kier alpha value is -1.61. The summed E-state index contributed by atoms with van der Waals surface area (Å²) in [5.74, 6) is 0.269. The lowest BCUT2D eigenvalue weighted by atomic mass is 9.99. The van der Waals surface area contributed by atoms with Gasteiger partial charge >= 0.3 is 0 Å². The molecular formula is C17H17FOS. The molecule has 20 heavy (non-hydrogen) atoms. The normalized spacial score (nSPS) is 10.6. The Morgan fingerprint density at radius 2 is 1.75 bits per heavy atom. The van der Waals surface area contributed by atoms with Gasteiger partial charge in [0, 0.05) is 11.3 Å². The molecule has 0 atom stereocenters. The van der Waals surface area contributed by atoms with Gasteiger partial charge in [0.25, 0.3) is 0 Å². The molecule has 2 aromatic rings. The minimum Gasteiger partial charge on any atom is -0.298 e. The number of thioether (sulfide) groups is 1. The van der Waals surface area contributed by atoms with Gasteiger partial charge in [0.05, 0.1) is 5.75 Å². The number of benzene rings is 2. The van der Waals surface area contributed by atoms with E-state index in [0.29, 0.717) is 12.2 Å². The fraction of sp³-hybridized carbons (Fsp3) is 0.235. The van der Waals surface area contributed by atoms with Crippen LogP contribution < -0.4 is 0 Å². The highest BCUT2D eigenvalue weighted by atomic mass is 32.2. The van der Waals surface area contributed by atoms with Crippen LogP contribution in [0.25, 0.3) is 0 Å². The van der Waals surface area contributed by atoms with Crippen molar-refractivity contribution in [3.05, 3.63) is 65.0 Å². The third-order valence-corrected chi connectivity index (χ3v) is 4.27. The molecule has 0 N–H and O–H groups in total. The maximum absolute atomic E-state index is 13.0. The summed E-state index contributed by atoms with van der Waals surface area (Å²) in [6, 6.07) is 12.4. The highest BCUT2D eigenvalue weighted by molar-refractivity contribution is 8.00. The van der Waals surface area contributed by atoms with Crippen molar-refractivity contribution in [1.82, 2.24) is 0 Å². The molecule has 2 aromatic carbocycles. The average molecular weight is 288 g/mol. The van der Waals surface area contributed by atoms with Crippen LogP contribution in [0, 0.1) is 19.7 Å². The number of ketones is 1. The minimum absolute atomic E-state index is 0.164. The highest BCUT2D eigenvalue weighted by Gasteiger charge is 2.09. The van der Waals surface area contributed by atoms with E-state index in [4.69, 9.17) is 0 Å². The van der Waals surface area contributed by atoms with Gasteiger partial charge in [0.15, 0.2) is 0 Å². The van der Waals surface area contributed by atoms with Gasteiger partial charge in [-0.15, -0.1) is 11.8 Å². The van der Waals surface area contributed by atoms with Crippen molar-refractivity contribution in [3.63, 3.8) is 0 Å². The second-order valence-electron chi connectivity index (χ2n) is 4.83. The lowest BCUT2D eigenvalue weighted by molar-refractivity contribution is -0.116. The van der Waals surface area contributed by atoms with Gasteiger partial charge in [-0.25, -0.2) is 4.39 Å². The Morgan fingerprint density at radius 1 is 1.10 bits per heavy atom. The zero-order chi connectivity index (χ0) is 14.5. The summed E-state index contributed by atoms with van der Waals surface area (Å²) >= 11 is 1.38. The number of carbonyl (C=O) groups is 1. The molecule has 3 heteroatoms. The SMILES string of the molecule is Cc1cccc(C)c1CC(=O)CSc1cccc(F)c1. The van der Waals surface area contributed by atoms with E-state index in [1.165, 1.54) is 23.9 Å². The summed E-state index contributed by atoms with van der Waals surface area (Å²) in [7, 11) is 0. The molecule has 0 bridgehead atoms. The monoisotopic (exact) mass is 288 g/mol.